The van der Waals surface area contributed by atoms with Crippen LogP contribution in [-0.2, 0) is 4.74 Å². The minimum absolute atomic E-state index is 0.140. The van der Waals surface area contributed by atoms with Crippen molar-refractivity contribution in [2.75, 3.05) is 18.8 Å². The average Bonchev–Trinajstić information content (AvgIpc) is 3.20. The molecule has 3 aromatic rings. The van der Waals surface area contributed by atoms with E-state index in [1.54, 1.807) is 17.3 Å². The van der Waals surface area contributed by atoms with E-state index in [-0.39, 0.29) is 18.0 Å². The number of hydrogen-bond donors (Lipinski definition) is 2. The zero-order valence-electron chi connectivity index (χ0n) is 19.7. The van der Waals surface area contributed by atoms with Gasteiger partial charge in [0, 0.05) is 36.4 Å². The summed E-state index contributed by atoms with van der Waals surface area (Å²) in [6.07, 6.45) is 4.80. The second kappa shape index (κ2) is 9.85. The Balaban J connectivity index is 1.42. The van der Waals surface area contributed by atoms with Gasteiger partial charge in [0.25, 0.3) is 5.91 Å². The molecule has 1 aliphatic rings. The molecule has 2 amide bonds. The van der Waals surface area contributed by atoms with E-state index in [0.29, 0.717) is 23.7 Å². The molecule has 7 nitrogen and oxygen atoms in total. The number of ether oxygens (including phenoxy) is 1. The molecule has 2 aromatic heterocycles. The van der Waals surface area contributed by atoms with E-state index in [4.69, 9.17) is 10.5 Å². The molecule has 8 heteroatoms. The standard InChI is InChI=1S/C26H30N4O3S/c1-26(2,3)33-25(32)30-14-4-5-20(16-30)29-24(31)23-21(27)15-22(34-23)19-8-6-17(7-9-19)18-10-12-28-13-11-18/h6-13,15,20H,4-5,14,16,27H2,1-3H3,(H,29,31)/t20-/m0/s1. The first-order chi connectivity index (χ1) is 16.2. The second-order valence-electron chi connectivity index (χ2n) is 9.45. The second-order valence-corrected chi connectivity index (χ2v) is 10.5. The highest BCUT2D eigenvalue weighted by Gasteiger charge is 2.29. The number of carbonyl (C=O) groups excluding carboxylic acids is 2. The molecular weight excluding hydrogens is 448 g/mol. The molecule has 3 heterocycles. The SMILES string of the molecule is CC(C)(C)OC(=O)N1CCC[C@H](NC(=O)c2sc(-c3ccc(-c4ccncc4)cc3)cc2N)C1. The fraction of sp³-hybridized carbons (Fsp3) is 0.346. The summed E-state index contributed by atoms with van der Waals surface area (Å²) in [5.74, 6) is -0.210. The zero-order chi connectivity index (χ0) is 24.3. The molecule has 1 aromatic carbocycles. The predicted octanol–water partition coefficient (Wildman–Crippen LogP) is 5.19. The van der Waals surface area contributed by atoms with Crippen LogP contribution in [0.25, 0.3) is 21.6 Å². The number of piperidine rings is 1. The summed E-state index contributed by atoms with van der Waals surface area (Å²) in [5.41, 5.74) is 9.31. The first kappa shape index (κ1) is 23.8. The molecule has 1 atom stereocenters. The number of aromatic nitrogens is 1. The minimum Gasteiger partial charge on any atom is -0.444 e. The maximum absolute atomic E-state index is 13.0. The lowest BCUT2D eigenvalue weighted by molar-refractivity contribution is 0.0186. The Bertz CT molecular complexity index is 1150. The lowest BCUT2D eigenvalue weighted by Crippen LogP contribution is -2.50. The van der Waals surface area contributed by atoms with Gasteiger partial charge in [-0.25, -0.2) is 4.79 Å². The monoisotopic (exact) mass is 478 g/mol. The van der Waals surface area contributed by atoms with Gasteiger partial charge in [0.15, 0.2) is 0 Å². The maximum Gasteiger partial charge on any atom is 0.410 e. The van der Waals surface area contributed by atoms with Gasteiger partial charge in [-0.1, -0.05) is 24.3 Å². The van der Waals surface area contributed by atoms with Crippen molar-refractivity contribution in [3.05, 3.63) is 59.7 Å². The van der Waals surface area contributed by atoms with Crippen LogP contribution < -0.4 is 11.1 Å². The van der Waals surface area contributed by atoms with Gasteiger partial charge in [-0.3, -0.25) is 9.78 Å². The van der Waals surface area contributed by atoms with Crippen molar-refractivity contribution in [1.82, 2.24) is 15.2 Å². The molecular formula is C26H30N4O3S. The molecule has 34 heavy (non-hydrogen) atoms. The number of nitrogens with zero attached hydrogens (tertiary/aromatic N) is 2. The molecule has 1 fully saturated rings. The molecule has 0 saturated carbocycles. The number of likely N-dealkylation sites (tertiary alicyclic amines) is 1. The van der Waals surface area contributed by atoms with Crippen LogP contribution in [0.4, 0.5) is 10.5 Å². The fourth-order valence-corrected chi connectivity index (χ4v) is 4.92. The van der Waals surface area contributed by atoms with Crippen molar-refractivity contribution in [1.29, 1.82) is 0 Å². The lowest BCUT2D eigenvalue weighted by Gasteiger charge is -2.34. The molecule has 1 saturated heterocycles. The van der Waals surface area contributed by atoms with Crippen LogP contribution in [0.5, 0.6) is 0 Å². The van der Waals surface area contributed by atoms with E-state index in [2.05, 4.69) is 10.3 Å². The summed E-state index contributed by atoms with van der Waals surface area (Å²) in [4.78, 5) is 32.6. The van der Waals surface area contributed by atoms with Crippen LogP contribution in [0, 0.1) is 0 Å². The Morgan fingerprint density at radius 3 is 2.41 bits per heavy atom. The van der Waals surface area contributed by atoms with E-state index >= 15 is 0 Å². The highest BCUT2D eigenvalue weighted by molar-refractivity contribution is 7.18. The average molecular weight is 479 g/mol. The summed E-state index contributed by atoms with van der Waals surface area (Å²) in [5, 5.41) is 3.06. The number of anilines is 1. The van der Waals surface area contributed by atoms with Crippen molar-refractivity contribution < 1.29 is 14.3 Å². The van der Waals surface area contributed by atoms with Crippen molar-refractivity contribution in [3.8, 4) is 21.6 Å². The van der Waals surface area contributed by atoms with E-state index in [0.717, 1.165) is 34.4 Å². The van der Waals surface area contributed by atoms with Crippen LogP contribution in [0.2, 0.25) is 0 Å². The topological polar surface area (TPSA) is 97.5 Å². The zero-order valence-corrected chi connectivity index (χ0v) is 20.5. The van der Waals surface area contributed by atoms with Gasteiger partial charge in [-0.15, -0.1) is 11.3 Å². The molecule has 1 aliphatic heterocycles. The van der Waals surface area contributed by atoms with E-state index in [1.807, 2.05) is 63.2 Å². The number of hydrogen-bond acceptors (Lipinski definition) is 6. The predicted molar refractivity (Wildman–Crippen MR) is 136 cm³/mol. The van der Waals surface area contributed by atoms with E-state index in [1.165, 1.54) is 11.3 Å². The smallest absolute Gasteiger partial charge is 0.410 e. The number of nitrogens with two attached hydrogens (primary N) is 1. The number of rotatable bonds is 4. The third kappa shape index (κ3) is 5.75. The summed E-state index contributed by atoms with van der Waals surface area (Å²) >= 11 is 1.37. The third-order valence-corrected chi connectivity index (χ3v) is 6.76. The van der Waals surface area contributed by atoms with Crippen molar-refractivity contribution in [2.45, 2.75) is 45.3 Å². The quantitative estimate of drug-likeness (QED) is 0.538. The summed E-state index contributed by atoms with van der Waals surface area (Å²) in [6, 6.07) is 13.8. The van der Waals surface area contributed by atoms with Gasteiger partial charge in [0.2, 0.25) is 0 Å². The van der Waals surface area contributed by atoms with Gasteiger partial charge in [0.05, 0.1) is 5.69 Å². The summed E-state index contributed by atoms with van der Waals surface area (Å²) in [7, 11) is 0. The molecule has 0 bridgehead atoms. The van der Waals surface area contributed by atoms with Crippen LogP contribution in [0.1, 0.15) is 43.3 Å². The number of nitrogen functional groups attached to an aromatic ring is 1. The number of pyridine rings is 1. The molecule has 0 unspecified atom stereocenters. The summed E-state index contributed by atoms with van der Waals surface area (Å²) in [6.45, 7) is 6.59. The number of carbonyl (C=O) groups is 2. The molecule has 178 valence electrons. The lowest BCUT2D eigenvalue weighted by atomic mass is 10.0. The van der Waals surface area contributed by atoms with Crippen molar-refractivity contribution >= 4 is 29.0 Å². The number of benzene rings is 1. The Labute approximate surface area is 204 Å². The van der Waals surface area contributed by atoms with Crippen LogP contribution in [0.3, 0.4) is 0 Å². The van der Waals surface area contributed by atoms with Gasteiger partial charge < -0.3 is 20.7 Å². The Hall–Kier alpha value is -3.39. The normalized spacial score (nSPS) is 16.2. The molecule has 0 aliphatic carbocycles. The van der Waals surface area contributed by atoms with Crippen LogP contribution in [0.15, 0.2) is 54.9 Å². The first-order valence-electron chi connectivity index (χ1n) is 11.4. The minimum atomic E-state index is -0.550. The highest BCUT2D eigenvalue weighted by Crippen LogP contribution is 2.34. The van der Waals surface area contributed by atoms with Gasteiger partial charge in [0.1, 0.15) is 10.5 Å². The molecule has 0 spiro atoms. The van der Waals surface area contributed by atoms with E-state index < -0.39 is 5.60 Å². The molecule has 4 rings (SSSR count). The number of amides is 2. The summed E-state index contributed by atoms with van der Waals surface area (Å²) < 4.78 is 5.48. The Morgan fingerprint density at radius 2 is 1.74 bits per heavy atom. The molecule has 3 N–H and O–H groups in total. The highest BCUT2D eigenvalue weighted by atomic mass is 32.1. The van der Waals surface area contributed by atoms with Crippen molar-refractivity contribution in [2.24, 2.45) is 0 Å². The fourth-order valence-electron chi connectivity index (χ4n) is 3.93. The number of thiophene rings is 1. The maximum atomic E-state index is 13.0. The Morgan fingerprint density at radius 1 is 1.09 bits per heavy atom. The van der Waals surface area contributed by atoms with Crippen molar-refractivity contribution in [3.63, 3.8) is 0 Å². The van der Waals surface area contributed by atoms with Gasteiger partial charge in [-0.05, 0) is 68.5 Å². The third-order valence-electron chi connectivity index (χ3n) is 5.56. The Kier molecular flexibility index (Phi) is 6.88. The van der Waals surface area contributed by atoms with Crippen LogP contribution >= 0.6 is 11.3 Å². The first-order valence-corrected chi connectivity index (χ1v) is 12.2. The van der Waals surface area contributed by atoms with Gasteiger partial charge in [-0.2, -0.15) is 0 Å². The van der Waals surface area contributed by atoms with Crippen LogP contribution in [-0.4, -0.2) is 46.6 Å². The number of nitrogens with one attached hydrogen (secondary N) is 1. The largest absolute Gasteiger partial charge is 0.444 e. The van der Waals surface area contributed by atoms with Gasteiger partial charge >= 0.3 is 6.09 Å². The molecule has 0 radical (unpaired) electrons. The van der Waals surface area contributed by atoms with E-state index in [9.17, 15) is 9.59 Å².